The van der Waals surface area contributed by atoms with Gasteiger partial charge >= 0.3 is 11.9 Å². The quantitative estimate of drug-likeness (QED) is 0.318. The predicted molar refractivity (Wildman–Crippen MR) is 117 cm³/mol. The van der Waals surface area contributed by atoms with Gasteiger partial charge in [0.2, 0.25) is 6.41 Å². The van der Waals surface area contributed by atoms with Gasteiger partial charge in [0.15, 0.2) is 0 Å². The number of methoxy groups -OCH3 is 1. The second kappa shape index (κ2) is 11.3. The van der Waals surface area contributed by atoms with Crippen LogP contribution in [0, 0.1) is 0 Å². The monoisotopic (exact) mass is 454 g/mol. The van der Waals surface area contributed by atoms with Crippen LogP contribution in [-0.2, 0) is 29.3 Å². The van der Waals surface area contributed by atoms with Crippen LogP contribution in [0.5, 0.6) is 0 Å². The molecule has 0 spiro atoms. The van der Waals surface area contributed by atoms with Crippen molar-refractivity contribution in [3.63, 3.8) is 0 Å². The van der Waals surface area contributed by atoms with Crippen molar-refractivity contribution in [1.82, 2.24) is 10.6 Å². The normalized spacial score (nSPS) is 20.9. The van der Waals surface area contributed by atoms with Crippen molar-refractivity contribution in [3.05, 3.63) is 46.1 Å². The molecule has 0 saturated carbocycles. The van der Waals surface area contributed by atoms with E-state index in [-0.39, 0.29) is 19.1 Å². The van der Waals surface area contributed by atoms with Crippen LogP contribution in [0.4, 0.5) is 0 Å². The Morgan fingerprint density at radius 2 is 2.13 bits per heavy atom. The minimum absolute atomic E-state index is 0.110. The molecule has 164 valence electrons. The first-order valence-corrected chi connectivity index (χ1v) is 11.2. The molecule has 2 atom stereocenters. The van der Waals surface area contributed by atoms with E-state index in [4.69, 9.17) is 21.1 Å². The van der Waals surface area contributed by atoms with Gasteiger partial charge in [-0.3, -0.25) is 9.59 Å². The number of rotatable bonds is 10. The van der Waals surface area contributed by atoms with E-state index in [1.54, 1.807) is 43.8 Å². The second-order valence-electron chi connectivity index (χ2n) is 6.79. The Balaban J connectivity index is 2.54. The molecule has 0 fully saturated rings. The zero-order chi connectivity index (χ0) is 22.1. The molecule has 7 nitrogen and oxygen atoms in total. The molecule has 2 unspecified atom stereocenters. The molecule has 30 heavy (non-hydrogen) atoms. The number of hydrogen-bond donors (Lipinski definition) is 2. The highest BCUT2D eigenvalue weighted by atomic mass is 35.5. The van der Waals surface area contributed by atoms with Crippen LogP contribution < -0.4 is 10.6 Å². The maximum atomic E-state index is 13.4. The molecule has 1 aliphatic rings. The van der Waals surface area contributed by atoms with Crippen molar-refractivity contribution in [2.75, 3.05) is 31.8 Å². The third kappa shape index (κ3) is 5.10. The first kappa shape index (κ1) is 24.1. The van der Waals surface area contributed by atoms with Gasteiger partial charge in [-0.15, -0.1) is 0 Å². The predicted octanol–water partition coefficient (Wildman–Crippen LogP) is 2.43. The van der Waals surface area contributed by atoms with Crippen molar-refractivity contribution < 1.29 is 23.9 Å². The van der Waals surface area contributed by atoms with Crippen LogP contribution in [0.3, 0.4) is 0 Å². The van der Waals surface area contributed by atoms with Crippen molar-refractivity contribution >= 4 is 41.7 Å². The number of nitrogens with one attached hydrogen (secondary N) is 2. The zero-order valence-electron chi connectivity index (χ0n) is 17.3. The molecule has 1 aliphatic heterocycles. The van der Waals surface area contributed by atoms with Crippen LogP contribution in [0.2, 0.25) is 5.02 Å². The van der Waals surface area contributed by atoms with E-state index >= 15 is 0 Å². The fraction of sp³-hybridized carbons (Fsp3) is 0.476. The standard InChI is InChI=1S/C21H27ClN2O5S/c1-4-29-20(27)21(16-7-5-6-8-17(16)22)11-15(19(26)28-3)14(2)24-18(21)12-30-10-9-23-13-25/h5-8,13,18,24H,4,9-12H2,1-3H3,(H,23,25). The summed E-state index contributed by atoms with van der Waals surface area (Å²) >= 11 is 8.12. The third-order valence-electron chi connectivity index (χ3n) is 5.08. The number of esters is 2. The Hall–Kier alpha value is -2.19. The lowest BCUT2D eigenvalue weighted by Gasteiger charge is -2.44. The van der Waals surface area contributed by atoms with Crippen LogP contribution in [0.1, 0.15) is 25.8 Å². The minimum Gasteiger partial charge on any atom is -0.466 e. The van der Waals surface area contributed by atoms with E-state index in [0.717, 1.165) is 0 Å². The maximum absolute atomic E-state index is 13.4. The molecule has 2 rings (SSSR count). The van der Waals surface area contributed by atoms with E-state index in [1.165, 1.54) is 7.11 Å². The van der Waals surface area contributed by atoms with Crippen LogP contribution in [0.15, 0.2) is 35.5 Å². The van der Waals surface area contributed by atoms with Crippen molar-refractivity contribution in [3.8, 4) is 0 Å². The van der Waals surface area contributed by atoms with Gasteiger partial charge in [-0.05, 0) is 25.5 Å². The number of allylic oxidation sites excluding steroid dienone is 1. The number of ether oxygens (including phenoxy) is 2. The lowest BCUT2D eigenvalue weighted by molar-refractivity contribution is -0.152. The summed E-state index contributed by atoms with van der Waals surface area (Å²) in [5, 5.41) is 6.39. The Kier molecular flexibility index (Phi) is 9.05. The number of halogens is 1. The lowest BCUT2D eigenvalue weighted by Crippen LogP contribution is -2.58. The average Bonchev–Trinajstić information content (AvgIpc) is 2.74. The Morgan fingerprint density at radius 1 is 1.40 bits per heavy atom. The molecule has 0 bridgehead atoms. The zero-order valence-corrected chi connectivity index (χ0v) is 18.9. The minimum atomic E-state index is -1.21. The smallest absolute Gasteiger partial charge is 0.335 e. The van der Waals surface area contributed by atoms with E-state index in [9.17, 15) is 14.4 Å². The molecule has 1 heterocycles. The molecule has 0 aromatic heterocycles. The maximum Gasteiger partial charge on any atom is 0.335 e. The SMILES string of the molecule is CCOC(=O)C1(c2ccccc2Cl)CC(C(=O)OC)=C(C)NC1CSCCNC=O. The Bertz CT molecular complexity index is 816. The first-order chi connectivity index (χ1) is 14.4. The highest BCUT2D eigenvalue weighted by Crippen LogP contribution is 2.44. The molecular weight excluding hydrogens is 428 g/mol. The molecule has 1 aromatic rings. The summed E-state index contributed by atoms with van der Waals surface area (Å²) in [6, 6.07) is 6.73. The topological polar surface area (TPSA) is 93.7 Å². The summed E-state index contributed by atoms with van der Waals surface area (Å²) < 4.78 is 10.4. The van der Waals surface area contributed by atoms with E-state index in [1.807, 2.05) is 6.07 Å². The van der Waals surface area contributed by atoms with Gasteiger partial charge < -0.3 is 20.1 Å². The average molecular weight is 455 g/mol. The Morgan fingerprint density at radius 3 is 2.77 bits per heavy atom. The molecule has 9 heteroatoms. The van der Waals surface area contributed by atoms with Crippen LogP contribution in [-0.4, -0.2) is 56.2 Å². The first-order valence-electron chi connectivity index (χ1n) is 9.63. The fourth-order valence-electron chi connectivity index (χ4n) is 3.62. The van der Waals surface area contributed by atoms with E-state index in [0.29, 0.717) is 46.3 Å². The van der Waals surface area contributed by atoms with Crippen molar-refractivity contribution in [2.24, 2.45) is 0 Å². The summed E-state index contributed by atoms with van der Waals surface area (Å²) in [5.74, 6) is 0.263. The summed E-state index contributed by atoms with van der Waals surface area (Å²) in [5.41, 5.74) is 0.436. The summed E-state index contributed by atoms with van der Waals surface area (Å²) in [6.45, 7) is 4.25. The second-order valence-corrected chi connectivity index (χ2v) is 8.34. The van der Waals surface area contributed by atoms with Crippen LogP contribution in [0.25, 0.3) is 0 Å². The highest BCUT2D eigenvalue weighted by molar-refractivity contribution is 7.99. The van der Waals surface area contributed by atoms with Crippen LogP contribution >= 0.6 is 23.4 Å². The van der Waals surface area contributed by atoms with Gasteiger partial charge in [0.05, 0.1) is 25.3 Å². The fourth-order valence-corrected chi connectivity index (χ4v) is 4.96. The van der Waals surface area contributed by atoms with Gasteiger partial charge in [0.1, 0.15) is 5.41 Å². The third-order valence-corrected chi connectivity index (χ3v) is 6.47. The highest BCUT2D eigenvalue weighted by Gasteiger charge is 2.53. The van der Waals surface area contributed by atoms with Gasteiger partial charge in [-0.2, -0.15) is 11.8 Å². The van der Waals surface area contributed by atoms with Crippen molar-refractivity contribution in [1.29, 1.82) is 0 Å². The molecule has 2 N–H and O–H groups in total. The van der Waals surface area contributed by atoms with E-state index < -0.39 is 17.4 Å². The summed E-state index contributed by atoms with van der Waals surface area (Å²) in [7, 11) is 1.31. The number of hydrogen-bond acceptors (Lipinski definition) is 7. The molecule has 0 radical (unpaired) electrons. The summed E-state index contributed by atoms with van der Waals surface area (Å²) in [6.07, 6.45) is 0.764. The molecule has 1 amide bonds. The number of carbonyl (C=O) groups is 3. The number of thioether (sulfide) groups is 1. The van der Waals surface area contributed by atoms with E-state index in [2.05, 4.69) is 10.6 Å². The molecule has 0 saturated heterocycles. The van der Waals surface area contributed by atoms with Gasteiger partial charge in [0, 0.05) is 35.2 Å². The molecular formula is C21H27ClN2O5S. The molecule has 0 aliphatic carbocycles. The Labute approximate surface area is 185 Å². The van der Waals surface area contributed by atoms with Gasteiger partial charge in [-0.1, -0.05) is 29.8 Å². The lowest BCUT2D eigenvalue weighted by atomic mass is 9.68. The molecule has 1 aromatic carbocycles. The summed E-state index contributed by atoms with van der Waals surface area (Å²) in [4.78, 5) is 36.3. The number of carbonyl (C=O) groups excluding carboxylic acids is 3. The number of benzene rings is 1. The van der Waals surface area contributed by atoms with Gasteiger partial charge in [-0.25, -0.2) is 4.79 Å². The van der Waals surface area contributed by atoms with Gasteiger partial charge in [0.25, 0.3) is 0 Å². The largest absolute Gasteiger partial charge is 0.466 e. The van der Waals surface area contributed by atoms with Crippen molar-refractivity contribution in [2.45, 2.75) is 31.7 Å². The number of amides is 1.